The summed E-state index contributed by atoms with van der Waals surface area (Å²) in [4.78, 5) is 7.96. The lowest BCUT2D eigenvalue weighted by atomic mass is 10.1. The van der Waals surface area contributed by atoms with Crippen molar-refractivity contribution in [3.05, 3.63) is 18.2 Å². The van der Waals surface area contributed by atoms with Crippen molar-refractivity contribution in [3.8, 4) is 5.75 Å². The molecule has 1 aromatic heterocycles. The van der Waals surface area contributed by atoms with Crippen LogP contribution in [-0.4, -0.2) is 28.4 Å². The van der Waals surface area contributed by atoms with Gasteiger partial charge in [0.25, 0.3) is 0 Å². The number of methoxy groups -OCH3 is 1. The van der Waals surface area contributed by atoms with Gasteiger partial charge in [0.1, 0.15) is 5.75 Å². The van der Waals surface area contributed by atoms with Gasteiger partial charge in [-0.15, -0.1) is 0 Å². The van der Waals surface area contributed by atoms with Crippen LogP contribution < -0.4 is 10.5 Å². The zero-order valence-electron chi connectivity index (χ0n) is 12.3. The lowest BCUT2D eigenvalue weighted by molar-refractivity contribution is 0.415. The fraction of sp³-hybridized carbons (Fsp3) is 0.533. The Morgan fingerprint density at radius 3 is 2.85 bits per heavy atom. The number of nitrogens with zero attached hydrogens (tertiary/aromatic N) is 1. The molecule has 2 unspecified atom stereocenters. The van der Waals surface area contributed by atoms with E-state index in [1.165, 1.54) is 0 Å². The summed E-state index contributed by atoms with van der Waals surface area (Å²) in [7, 11) is 1.67. The Morgan fingerprint density at radius 2 is 2.20 bits per heavy atom. The number of nitrogens with two attached hydrogens (primary N) is 1. The molecule has 0 bridgehead atoms. The molecule has 0 aliphatic rings. The number of rotatable bonds is 7. The number of imidazole rings is 1. The van der Waals surface area contributed by atoms with Gasteiger partial charge in [-0.3, -0.25) is 0 Å². The van der Waals surface area contributed by atoms with Crippen LogP contribution >= 0.6 is 11.8 Å². The summed E-state index contributed by atoms with van der Waals surface area (Å²) in [5.74, 6) is 0.840. The van der Waals surface area contributed by atoms with Crippen LogP contribution in [0.4, 0.5) is 0 Å². The molecule has 0 spiro atoms. The SMILES string of the molecule is CCCC(N)C(CC)Sc1nc2ccc(OC)cc2[nH]1. The second-order valence-corrected chi connectivity index (χ2v) is 6.17. The van der Waals surface area contributed by atoms with Gasteiger partial charge in [0.05, 0.1) is 18.1 Å². The van der Waals surface area contributed by atoms with Crippen LogP contribution in [0, 0.1) is 0 Å². The van der Waals surface area contributed by atoms with E-state index in [0.29, 0.717) is 5.25 Å². The smallest absolute Gasteiger partial charge is 0.166 e. The van der Waals surface area contributed by atoms with Gasteiger partial charge in [0, 0.05) is 17.4 Å². The summed E-state index contributed by atoms with van der Waals surface area (Å²) in [5.41, 5.74) is 8.21. The monoisotopic (exact) mass is 293 g/mol. The highest BCUT2D eigenvalue weighted by Gasteiger charge is 2.18. The van der Waals surface area contributed by atoms with Crippen LogP contribution in [0.1, 0.15) is 33.1 Å². The minimum Gasteiger partial charge on any atom is -0.497 e. The molecule has 110 valence electrons. The fourth-order valence-electron chi connectivity index (χ4n) is 2.28. The number of aromatic nitrogens is 2. The molecule has 2 rings (SSSR count). The van der Waals surface area contributed by atoms with E-state index in [1.54, 1.807) is 18.9 Å². The zero-order chi connectivity index (χ0) is 14.5. The van der Waals surface area contributed by atoms with E-state index < -0.39 is 0 Å². The van der Waals surface area contributed by atoms with Crippen molar-refractivity contribution in [1.82, 2.24) is 9.97 Å². The van der Waals surface area contributed by atoms with Gasteiger partial charge < -0.3 is 15.5 Å². The van der Waals surface area contributed by atoms with E-state index >= 15 is 0 Å². The number of thioether (sulfide) groups is 1. The van der Waals surface area contributed by atoms with Gasteiger partial charge in [-0.25, -0.2) is 4.98 Å². The average Bonchev–Trinajstić information content (AvgIpc) is 2.86. The van der Waals surface area contributed by atoms with Gasteiger partial charge in [0.2, 0.25) is 0 Å². The number of benzene rings is 1. The third-order valence-corrected chi connectivity index (χ3v) is 4.83. The Hall–Kier alpha value is -1.20. The maximum Gasteiger partial charge on any atom is 0.166 e. The van der Waals surface area contributed by atoms with Crippen molar-refractivity contribution in [2.75, 3.05) is 7.11 Å². The maximum absolute atomic E-state index is 6.24. The van der Waals surface area contributed by atoms with Crippen LogP contribution in [0.25, 0.3) is 11.0 Å². The number of ether oxygens (including phenoxy) is 1. The van der Waals surface area contributed by atoms with E-state index in [1.807, 2.05) is 18.2 Å². The maximum atomic E-state index is 6.24. The van der Waals surface area contributed by atoms with Gasteiger partial charge >= 0.3 is 0 Å². The van der Waals surface area contributed by atoms with Crippen molar-refractivity contribution in [2.45, 2.75) is 49.6 Å². The van der Waals surface area contributed by atoms with Crippen molar-refractivity contribution in [3.63, 3.8) is 0 Å². The van der Waals surface area contributed by atoms with Crippen LogP contribution in [0.3, 0.4) is 0 Å². The van der Waals surface area contributed by atoms with Crippen molar-refractivity contribution < 1.29 is 4.74 Å². The Labute approximate surface area is 124 Å². The van der Waals surface area contributed by atoms with E-state index in [2.05, 4.69) is 23.8 Å². The van der Waals surface area contributed by atoms with Gasteiger partial charge in [-0.1, -0.05) is 32.0 Å². The van der Waals surface area contributed by atoms with Gasteiger partial charge in [-0.2, -0.15) is 0 Å². The average molecular weight is 293 g/mol. The highest BCUT2D eigenvalue weighted by atomic mass is 32.2. The highest BCUT2D eigenvalue weighted by molar-refractivity contribution is 7.99. The summed E-state index contributed by atoms with van der Waals surface area (Å²) >= 11 is 1.74. The summed E-state index contributed by atoms with van der Waals surface area (Å²) in [6.45, 7) is 4.35. The van der Waals surface area contributed by atoms with Gasteiger partial charge in [-0.05, 0) is 25.0 Å². The molecule has 2 aromatic rings. The molecule has 0 saturated carbocycles. The standard InChI is InChI=1S/C15H23N3OS/c1-4-6-11(16)14(5-2)20-15-17-12-8-7-10(19-3)9-13(12)18-15/h7-9,11,14H,4-6,16H2,1-3H3,(H,17,18). The molecule has 4 nitrogen and oxygen atoms in total. The Bertz CT molecular complexity index is 555. The summed E-state index contributed by atoms with van der Waals surface area (Å²) in [6.07, 6.45) is 3.22. The van der Waals surface area contributed by atoms with Crippen LogP contribution in [0.15, 0.2) is 23.4 Å². The molecule has 0 aliphatic heterocycles. The number of hydrogen-bond acceptors (Lipinski definition) is 4. The molecular weight excluding hydrogens is 270 g/mol. The number of nitrogens with one attached hydrogen (secondary N) is 1. The summed E-state index contributed by atoms with van der Waals surface area (Å²) in [5, 5.41) is 1.34. The highest BCUT2D eigenvalue weighted by Crippen LogP contribution is 2.29. The van der Waals surface area contributed by atoms with Crippen molar-refractivity contribution in [1.29, 1.82) is 0 Å². The lowest BCUT2D eigenvalue weighted by Gasteiger charge is -2.20. The number of H-pyrrole nitrogens is 1. The van der Waals surface area contributed by atoms with Crippen molar-refractivity contribution in [2.24, 2.45) is 5.73 Å². The fourth-order valence-corrected chi connectivity index (χ4v) is 3.37. The van der Waals surface area contributed by atoms with Gasteiger partial charge in [0.15, 0.2) is 5.16 Å². The molecule has 0 amide bonds. The van der Waals surface area contributed by atoms with Crippen LogP contribution in [0.5, 0.6) is 5.75 Å². The summed E-state index contributed by atoms with van der Waals surface area (Å²) in [6, 6.07) is 6.09. The van der Waals surface area contributed by atoms with E-state index in [-0.39, 0.29) is 6.04 Å². The molecule has 0 aliphatic carbocycles. The molecule has 0 radical (unpaired) electrons. The number of fused-ring (bicyclic) bond motifs is 1. The number of hydrogen-bond donors (Lipinski definition) is 2. The molecular formula is C15H23N3OS. The van der Waals surface area contributed by atoms with E-state index in [4.69, 9.17) is 10.5 Å². The van der Waals surface area contributed by atoms with Crippen LogP contribution in [0.2, 0.25) is 0 Å². The molecule has 20 heavy (non-hydrogen) atoms. The minimum absolute atomic E-state index is 0.220. The molecule has 1 heterocycles. The lowest BCUT2D eigenvalue weighted by Crippen LogP contribution is -2.31. The largest absolute Gasteiger partial charge is 0.497 e. The Balaban J connectivity index is 2.16. The quantitative estimate of drug-likeness (QED) is 0.766. The third kappa shape index (κ3) is 3.46. The first kappa shape index (κ1) is 15.2. The summed E-state index contributed by atoms with van der Waals surface area (Å²) < 4.78 is 5.23. The minimum atomic E-state index is 0.220. The van der Waals surface area contributed by atoms with E-state index in [9.17, 15) is 0 Å². The second kappa shape index (κ2) is 6.99. The van der Waals surface area contributed by atoms with Crippen LogP contribution in [-0.2, 0) is 0 Å². The predicted octanol–water partition coefficient (Wildman–Crippen LogP) is 3.57. The Kier molecular flexibility index (Phi) is 5.31. The molecule has 3 N–H and O–H groups in total. The Morgan fingerprint density at radius 1 is 1.40 bits per heavy atom. The molecule has 0 fully saturated rings. The van der Waals surface area contributed by atoms with Crippen molar-refractivity contribution >= 4 is 22.8 Å². The molecule has 1 aromatic carbocycles. The zero-order valence-corrected chi connectivity index (χ0v) is 13.2. The third-order valence-electron chi connectivity index (χ3n) is 3.43. The first-order valence-electron chi connectivity index (χ1n) is 7.13. The molecule has 0 saturated heterocycles. The molecule has 5 heteroatoms. The normalized spacial score (nSPS) is 14.4. The van der Waals surface area contributed by atoms with E-state index in [0.717, 1.165) is 41.2 Å². The topological polar surface area (TPSA) is 63.9 Å². The predicted molar refractivity (Wildman–Crippen MR) is 85.5 cm³/mol. The first-order chi connectivity index (χ1) is 9.67. The first-order valence-corrected chi connectivity index (χ1v) is 8.01. The number of aromatic amines is 1. The molecule has 2 atom stereocenters. The second-order valence-electron chi connectivity index (χ2n) is 4.94.